The van der Waals surface area contributed by atoms with E-state index in [0.717, 1.165) is 5.56 Å². The smallest absolute Gasteiger partial charge is 0.487 e. The van der Waals surface area contributed by atoms with Crippen LogP contribution in [0.2, 0.25) is 0 Å². The van der Waals surface area contributed by atoms with Crippen molar-refractivity contribution in [1.29, 1.82) is 0 Å². The molecule has 4 nitrogen and oxygen atoms in total. The van der Waals surface area contributed by atoms with Gasteiger partial charge in [0, 0.05) is 11.7 Å². The molecule has 5 heteroatoms. The summed E-state index contributed by atoms with van der Waals surface area (Å²) in [5.74, 6) is 0.513. The third kappa shape index (κ3) is 3.30. The Bertz CT molecular complexity index is 476. The van der Waals surface area contributed by atoms with Gasteiger partial charge in [-0.3, -0.25) is 4.98 Å². The van der Waals surface area contributed by atoms with Gasteiger partial charge in [-0.25, -0.2) is 0 Å². The van der Waals surface area contributed by atoms with Crippen LogP contribution in [0.5, 0.6) is 5.75 Å². The van der Waals surface area contributed by atoms with Crippen molar-refractivity contribution in [3.05, 3.63) is 54.4 Å². The van der Waals surface area contributed by atoms with Gasteiger partial charge in [0.25, 0.3) is 0 Å². The molecule has 0 saturated heterocycles. The van der Waals surface area contributed by atoms with Crippen molar-refractivity contribution >= 4 is 12.6 Å². The van der Waals surface area contributed by atoms with E-state index in [0.29, 0.717) is 17.8 Å². The van der Waals surface area contributed by atoms with Crippen LogP contribution in [0.4, 0.5) is 0 Å². The van der Waals surface area contributed by atoms with E-state index >= 15 is 0 Å². The Morgan fingerprint density at radius 2 is 1.88 bits per heavy atom. The maximum atomic E-state index is 8.99. The number of benzene rings is 1. The maximum absolute atomic E-state index is 8.99. The summed E-state index contributed by atoms with van der Waals surface area (Å²) in [5.41, 5.74) is 1.36. The molecule has 0 aliphatic rings. The minimum absolute atomic E-state index is 0.315. The van der Waals surface area contributed by atoms with E-state index in [9.17, 15) is 0 Å². The molecule has 1 aromatic carbocycles. The molecule has 86 valence electrons. The fourth-order valence-electron chi connectivity index (χ4n) is 1.40. The fourth-order valence-corrected chi connectivity index (χ4v) is 1.40. The lowest BCUT2D eigenvalue weighted by molar-refractivity contribution is 0.305. The molecular weight excluding hydrogens is 217 g/mol. The highest BCUT2D eigenvalue weighted by Crippen LogP contribution is 2.09. The highest BCUT2D eigenvalue weighted by atomic mass is 16.5. The first-order valence-electron chi connectivity index (χ1n) is 5.23. The quantitative estimate of drug-likeness (QED) is 0.742. The maximum Gasteiger partial charge on any atom is 0.490 e. The molecule has 2 N–H and O–H groups in total. The molecule has 0 aliphatic carbocycles. The number of ether oxygens (including phenoxy) is 1. The van der Waals surface area contributed by atoms with Gasteiger partial charge in [0.05, 0.1) is 6.20 Å². The molecule has 0 bridgehead atoms. The topological polar surface area (TPSA) is 62.6 Å². The standard InChI is InChI=1S/C12H12BNO3/c15-13(16)11-6-12(8-14-7-11)17-9-10-4-2-1-3-5-10/h1-8,15-16H,9H2. The zero-order chi connectivity index (χ0) is 12.1. The Morgan fingerprint density at radius 1 is 1.12 bits per heavy atom. The molecule has 17 heavy (non-hydrogen) atoms. The second-order valence-corrected chi connectivity index (χ2v) is 3.60. The van der Waals surface area contributed by atoms with Gasteiger partial charge in [0.1, 0.15) is 12.4 Å². The summed E-state index contributed by atoms with van der Waals surface area (Å²) in [6.45, 7) is 0.424. The fraction of sp³-hybridized carbons (Fsp3) is 0.0833. The number of aromatic nitrogens is 1. The van der Waals surface area contributed by atoms with E-state index in [1.54, 1.807) is 6.07 Å². The zero-order valence-corrected chi connectivity index (χ0v) is 9.15. The molecule has 0 fully saturated rings. The predicted octanol–water partition coefficient (Wildman–Crippen LogP) is 0.340. The van der Waals surface area contributed by atoms with E-state index in [2.05, 4.69) is 4.98 Å². The van der Waals surface area contributed by atoms with Crippen molar-refractivity contribution in [2.45, 2.75) is 6.61 Å². The summed E-state index contributed by atoms with van der Waals surface area (Å²) in [6.07, 6.45) is 2.93. The average Bonchev–Trinajstić information content (AvgIpc) is 2.38. The van der Waals surface area contributed by atoms with Crippen molar-refractivity contribution in [3.8, 4) is 5.75 Å². The SMILES string of the molecule is OB(O)c1cncc(OCc2ccccc2)c1. The van der Waals surface area contributed by atoms with E-state index < -0.39 is 7.12 Å². The lowest BCUT2D eigenvalue weighted by Gasteiger charge is -2.07. The first kappa shape index (κ1) is 11.6. The van der Waals surface area contributed by atoms with Crippen molar-refractivity contribution in [2.75, 3.05) is 0 Å². The number of hydrogen-bond acceptors (Lipinski definition) is 4. The van der Waals surface area contributed by atoms with Crippen LogP contribution in [-0.2, 0) is 6.61 Å². The number of hydrogen-bond donors (Lipinski definition) is 2. The van der Waals surface area contributed by atoms with Crippen LogP contribution in [-0.4, -0.2) is 22.2 Å². The molecule has 2 rings (SSSR count). The summed E-state index contributed by atoms with van der Waals surface area (Å²) in [6, 6.07) is 11.3. The Balaban J connectivity index is 2.02. The first-order valence-corrected chi connectivity index (χ1v) is 5.23. The summed E-state index contributed by atoms with van der Waals surface area (Å²) in [7, 11) is -1.53. The van der Waals surface area contributed by atoms with Gasteiger partial charge in [-0.2, -0.15) is 0 Å². The van der Waals surface area contributed by atoms with Crippen molar-refractivity contribution in [1.82, 2.24) is 4.98 Å². The van der Waals surface area contributed by atoms with Crippen LogP contribution in [0.3, 0.4) is 0 Å². The second-order valence-electron chi connectivity index (χ2n) is 3.60. The second kappa shape index (κ2) is 5.47. The van der Waals surface area contributed by atoms with E-state index in [1.807, 2.05) is 30.3 Å². The number of rotatable bonds is 4. The minimum atomic E-state index is -1.53. The Labute approximate surface area is 99.7 Å². The van der Waals surface area contributed by atoms with Crippen LogP contribution in [0.1, 0.15) is 5.56 Å². The Morgan fingerprint density at radius 3 is 2.59 bits per heavy atom. The molecule has 0 saturated carbocycles. The lowest BCUT2D eigenvalue weighted by atomic mass is 9.82. The van der Waals surface area contributed by atoms with Gasteiger partial charge >= 0.3 is 7.12 Å². The van der Waals surface area contributed by atoms with Crippen LogP contribution in [0.25, 0.3) is 0 Å². The van der Waals surface area contributed by atoms with Crippen LogP contribution in [0.15, 0.2) is 48.8 Å². The molecule has 1 heterocycles. The predicted molar refractivity (Wildman–Crippen MR) is 64.8 cm³/mol. The highest BCUT2D eigenvalue weighted by Gasteiger charge is 2.11. The molecule has 0 aliphatic heterocycles. The molecule has 1 aromatic heterocycles. The summed E-state index contributed by atoms with van der Waals surface area (Å²) in [5, 5.41) is 18.0. The molecule has 0 atom stereocenters. The van der Waals surface area contributed by atoms with Gasteiger partial charge in [-0.15, -0.1) is 0 Å². The normalized spacial score (nSPS) is 10.0. The number of nitrogens with zero attached hydrogens (tertiary/aromatic N) is 1. The van der Waals surface area contributed by atoms with Gasteiger partial charge in [-0.1, -0.05) is 30.3 Å². The minimum Gasteiger partial charge on any atom is -0.487 e. The third-order valence-electron chi connectivity index (χ3n) is 2.28. The van der Waals surface area contributed by atoms with E-state index in [4.69, 9.17) is 14.8 Å². The molecule has 0 spiro atoms. The van der Waals surface area contributed by atoms with Crippen molar-refractivity contribution in [3.63, 3.8) is 0 Å². The third-order valence-corrected chi connectivity index (χ3v) is 2.28. The Hall–Kier alpha value is -1.85. The van der Waals surface area contributed by atoms with Crippen molar-refractivity contribution < 1.29 is 14.8 Å². The molecule has 0 radical (unpaired) electrons. The monoisotopic (exact) mass is 229 g/mol. The molecule has 0 unspecified atom stereocenters. The molecule has 0 amide bonds. The summed E-state index contributed by atoms with van der Waals surface area (Å²) >= 11 is 0. The van der Waals surface area contributed by atoms with E-state index in [1.165, 1.54) is 12.4 Å². The van der Waals surface area contributed by atoms with Crippen LogP contribution >= 0.6 is 0 Å². The zero-order valence-electron chi connectivity index (χ0n) is 9.15. The van der Waals surface area contributed by atoms with Crippen molar-refractivity contribution in [2.24, 2.45) is 0 Å². The van der Waals surface area contributed by atoms with Gasteiger partial charge in [0.2, 0.25) is 0 Å². The summed E-state index contributed by atoms with van der Waals surface area (Å²) in [4.78, 5) is 3.87. The lowest BCUT2D eigenvalue weighted by Crippen LogP contribution is -2.30. The largest absolute Gasteiger partial charge is 0.490 e. The average molecular weight is 229 g/mol. The molecular formula is C12H12BNO3. The first-order chi connectivity index (χ1) is 8.25. The van der Waals surface area contributed by atoms with Crippen LogP contribution < -0.4 is 10.2 Å². The number of pyridine rings is 1. The van der Waals surface area contributed by atoms with Crippen LogP contribution in [0, 0.1) is 0 Å². The summed E-state index contributed by atoms with van der Waals surface area (Å²) < 4.78 is 5.50. The van der Waals surface area contributed by atoms with E-state index in [-0.39, 0.29) is 0 Å². The Kier molecular flexibility index (Phi) is 3.75. The molecule has 2 aromatic rings. The van der Waals surface area contributed by atoms with Gasteiger partial charge in [-0.05, 0) is 11.6 Å². The van der Waals surface area contributed by atoms with Gasteiger partial charge in [0.15, 0.2) is 0 Å². The van der Waals surface area contributed by atoms with Gasteiger partial charge < -0.3 is 14.8 Å². The highest BCUT2D eigenvalue weighted by molar-refractivity contribution is 6.58.